The van der Waals surface area contributed by atoms with Gasteiger partial charge in [-0.15, -0.1) is 0 Å². The van der Waals surface area contributed by atoms with Gasteiger partial charge in [0.25, 0.3) is 10.2 Å². The summed E-state index contributed by atoms with van der Waals surface area (Å²) < 4.78 is 25.8. The first kappa shape index (κ1) is 13.8. The van der Waals surface area contributed by atoms with Gasteiger partial charge in [-0.05, 0) is 0 Å². The summed E-state index contributed by atoms with van der Waals surface area (Å²) in [6, 6.07) is 0. The molecule has 0 atom stereocenters. The molecule has 0 unspecified atom stereocenters. The van der Waals surface area contributed by atoms with Gasteiger partial charge in [0.15, 0.2) is 0 Å². The van der Waals surface area contributed by atoms with Crippen LogP contribution < -0.4 is 5.73 Å². The third kappa shape index (κ3) is 3.87. The van der Waals surface area contributed by atoms with Gasteiger partial charge in [0, 0.05) is 33.6 Å². The number of thiocarbonyl (C=S) groups is 1. The quantitative estimate of drug-likeness (QED) is 0.651. The zero-order chi connectivity index (χ0) is 11.4. The second-order valence-electron chi connectivity index (χ2n) is 3.00. The molecule has 14 heavy (non-hydrogen) atoms. The maximum Gasteiger partial charge on any atom is 0.281 e. The van der Waals surface area contributed by atoms with Gasteiger partial charge in [-0.25, -0.2) is 0 Å². The summed E-state index contributed by atoms with van der Waals surface area (Å²) in [5.74, 6) is 0. The van der Waals surface area contributed by atoms with Gasteiger partial charge in [-0.1, -0.05) is 19.1 Å². The molecule has 0 bridgehead atoms. The van der Waals surface area contributed by atoms with Crippen molar-refractivity contribution in [1.29, 1.82) is 0 Å². The number of rotatable bonds is 6. The van der Waals surface area contributed by atoms with Crippen molar-refractivity contribution in [3.8, 4) is 0 Å². The van der Waals surface area contributed by atoms with Crippen molar-refractivity contribution in [3.63, 3.8) is 0 Å². The lowest BCUT2D eigenvalue weighted by molar-refractivity contribution is 0.393. The standard InChI is InChI=1S/C7H17N3O2S2/c1-4-10(6-5-7(8)13)14(11,12)9(2)3/h4-6H2,1-3H3,(H2,8,13). The lowest BCUT2D eigenvalue weighted by Gasteiger charge is -2.23. The molecule has 0 aliphatic carbocycles. The summed E-state index contributed by atoms with van der Waals surface area (Å²) in [4.78, 5) is 0.331. The highest BCUT2D eigenvalue weighted by Crippen LogP contribution is 2.04. The molecule has 0 aromatic carbocycles. The molecule has 0 saturated heterocycles. The van der Waals surface area contributed by atoms with Gasteiger partial charge >= 0.3 is 0 Å². The molecule has 0 spiro atoms. The maximum absolute atomic E-state index is 11.6. The van der Waals surface area contributed by atoms with E-state index in [0.29, 0.717) is 24.5 Å². The highest BCUT2D eigenvalue weighted by molar-refractivity contribution is 7.86. The lowest BCUT2D eigenvalue weighted by Crippen LogP contribution is -2.41. The van der Waals surface area contributed by atoms with Gasteiger partial charge in [-0.3, -0.25) is 0 Å². The second-order valence-corrected chi connectivity index (χ2v) is 5.66. The number of nitrogens with two attached hydrogens (primary N) is 1. The second kappa shape index (κ2) is 5.59. The van der Waals surface area contributed by atoms with E-state index in [1.54, 1.807) is 6.92 Å². The van der Waals surface area contributed by atoms with Gasteiger partial charge in [-0.2, -0.15) is 17.0 Å². The third-order valence-electron chi connectivity index (χ3n) is 1.75. The van der Waals surface area contributed by atoms with Crippen molar-refractivity contribution < 1.29 is 8.42 Å². The van der Waals surface area contributed by atoms with E-state index >= 15 is 0 Å². The normalized spacial score (nSPS) is 12.4. The molecule has 84 valence electrons. The first-order chi connectivity index (χ1) is 6.32. The first-order valence-corrected chi connectivity index (χ1v) is 6.08. The van der Waals surface area contributed by atoms with E-state index in [1.807, 2.05) is 0 Å². The molecule has 5 nitrogen and oxygen atoms in total. The smallest absolute Gasteiger partial charge is 0.281 e. The molecule has 0 rings (SSSR count). The zero-order valence-electron chi connectivity index (χ0n) is 8.73. The van der Waals surface area contributed by atoms with E-state index in [2.05, 4.69) is 0 Å². The molecular formula is C7H17N3O2S2. The Morgan fingerprint density at radius 3 is 2.21 bits per heavy atom. The van der Waals surface area contributed by atoms with Crippen LogP contribution in [0.3, 0.4) is 0 Å². The fourth-order valence-electron chi connectivity index (χ4n) is 0.902. The van der Waals surface area contributed by atoms with Crippen LogP contribution >= 0.6 is 12.2 Å². The molecule has 0 aromatic rings. The Hall–Kier alpha value is -0.240. The van der Waals surface area contributed by atoms with Crippen molar-refractivity contribution in [3.05, 3.63) is 0 Å². The van der Waals surface area contributed by atoms with Gasteiger partial charge in [0.05, 0.1) is 4.99 Å². The van der Waals surface area contributed by atoms with Crippen LogP contribution in [-0.4, -0.2) is 49.2 Å². The van der Waals surface area contributed by atoms with Crippen molar-refractivity contribution in [2.45, 2.75) is 13.3 Å². The highest BCUT2D eigenvalue weighted by Gasteiger charge is 2.22. The van der Waals surface area contributed by atoms with Gasteiger partial charge < -0.3 is 5.73 Å². The summed E-state index contributed by atoms with van der Waals surface area (Å²) in [5, 5.41) is 0. The number of hydrogen-bond acceptors (Lipinski definition) is 3. The van der Waals surface area contributed by atoms with Crippen molar-refractivity contribution in [1.82, 2.24) is 8.61 Å². The lowest BCUT2D eigenvalue weighted by atomic mass is 10.4. The molecule has 0 radical (unpaired) electrons. The van der Waals surface area contributed by atoms with Crippen LogP contribution in [0.4, 0.5) is 0 Å². The molecule has 7 heteroatoms. The molecule has 0 aromatic heterocycles. The van der Waals surface area contributed by atoms with Gasteiger partial charge in [0.2, 0.25) is 0 Å². The predicted octanol–water partition coefficient (Wildman–Crippen LogP) is -0.209. The molecule has 0 heterocycles. The highest BCUT2D eigenvalue weighted by atomic mass is 32.2. The van der Waals surface area contributed by atoms with Crippen LogP contribution in [0.15, 0.2) is 0 Å². The van der Waals surface area contributed by atoms with Crippen LogP contribution in [0, 0.1) is 0 Å². The van der Waals surface area contributed by atoms with Crippen LogP contribution in [0.5, 0.6) is 0 Å². The van der Waals surface area contributed by atoms with E-state index in [9.17, 15) is 8.42 Å². The minimum Gasteiger partial charge on any atom is -0.393 e. The Bertz CT molecular complexity index is 287. The Labute approximate surface area is 91.0 Å². The largest absolute Gasteiger partial charge is 0.393 e. The summed E-state index contributed by atoms with van der Waals surface area (Å²) in [6.07, 6.45) is 0.413. The topological polar surface area (TPSA) is 66.6 Å². The Morgan fingerprint density at radius 2 is 1.93 bits per heavy atom. The minimum atomic E-state index is -3.33. The van der Waals surface area contributed by atoms with Crippen molar-refractivity contribution >= 4 is 27.4 Å². The monoisotopic (exact) mass is 239 g/mol. The number of hydrogen-bond donors (Lipinski definition) is 1. The van der Waals surface area contributed by atoms with E-state index in [-0.39, 0.29) is 0 Å². The molecular weight excluding hydrogens is 222 g/mol. The van der Waals surface area contributed by atoms with E-state index in [1.165, 1.54) is 22.7 Å². The van der Waals surface area contributed by atoms with Crippen LogP contribution in [0.2, 0.25) is 0 Å². The van der Waals surface area contributed by atoms with Crippen molar-refractivity contribution in [2.24, 2.45) is 5.73 Å². The Balaban J connectivity index is 4.49. The zero-order valence-corrected chi connectivity index (χ0v) is 10.4. The van der Waals surface area contributed by atoms with Crippen LogP contribution in [0.1, 0.15) is 13.3 Å². The summed E-state index contributed by atoms with van der Waals surface area (Å²) in [6.45, 7) is 2.54. The summed E-state index contributed by atoms with van der Waals surface area (Å²) >= 11 is 4.69. The molecule has 2 N–H and O–H groups in total. The molecule has 0 aliphatic heterocycles. The summed E-state index contributed by atoms with van der Waals surface area (Å²) in [5.41, 5.74) is 5.31. The first-order valence-electron chi connectivity index (χ1n) is 4.28. The average molecular weight is 239 g/mol. The van der Waals surface area contributed by atoms with E-state index < -0.39 is 10.2 Å². The minimum absolute atomic E-state index is 0.331. The van der Waals surface area contributed by atoms with Crippen molar-refractivity contribution in [2.75, 3.05) is 27.2 Å². The van der Waals surface area contributed by atoms with E-state index in [4.69, 9.17) is 18.0 Å². The predicted molar refractivity (Wildman–Crippen MR) is 61.3 cm³/mol. The van der Waals surface area contributed by atoms with Crippen LogP contribution in [0.25, 0.3) is 0 Å². The van der Waals surface area contributed by atoms with Gasteiger partial charge in [0.1, 0.15) is 0 Å². The maximum atomic E-state index is 11.6. The molecule has 0 amide bonds. The SMILES string of the molecule is CCN(CCC(N)=S)S(=O)(=O)N(C)C. The van der Waals surface area contributed by atoms with Crippen LogP contribution in [-0.2, 0) is 10.2 Å². The fraction of sp³-hybridized carbons (Fsp3) is 0.857. The molecule has 0 saturated carbocycles. The Morgan fingerprint density at radius 1 is 1.43 bits per heavy atom. The fourth-order valence-corrected chi connectivity index (χ4v) is 2.10. The van der Waals surface area contributed by atoms with E-state index in [0.717, 1.165) is 0 Å². The average Bonchev–Trinajstić information content (AvgIpc) is 2.04. The third-order valence-corrected chi connectivity index (χ3v) is 3.97. The molecule has 0 aliphatic rings. The Kier molecular flexibility index (Phi) is 5.50. The molecule has 0 fully saturated rings. The number of nitrogens with zero attached hydrogens (tertiary/aromatic N) is 2. The summed E-state index contributed by atoms with van der Waals surface area (Å²) in [7, 11) is -0.336.